The first-order chi connectivity index (χ1) is 7.83. The summed E-state index contributed by atoms with van der Waals surface area (Å²) < 4.78 is 0. The van der Waals surface area contributed by atoms with Gasteiger partial charge in [0.1, 0.15) is 0 Å². The maximum atomic E-state index is 5.99. The third-order valence-electron chi connectivity index (χ3n) is 2.74. The van der Waals surface area contributed by atoms with Crippen molar-refractivity contribution in [3.8, 4) is 0 Å². The highest BCUT2D eigenvalue weighted by atomic mass is 35.5. The van der Waals surface area contributed by atoms with Crippen molar-refractivity contribution in [1.29, 1.82) is 0 Å². The zero-order valence-electron chi connectivity index (χ0n) is 8.63. The van der Waals surface area contributed by atoms with Gasteiger partial charge in [0, 0.05) is 17.3 Å². The number of halogens is 1. The number of fused-ring (bicyclic) bond motifs is 2. The summed E-state index contributed by atoms with van der Waals surface area (Å²) in [6.45, 7) is 0.831. The molecular formula is C13H11ClN2. The van der Waals surface area contributed by atoms with Gasteiger partial charge in [-0.1, -0.05) is 29.8 Å². The van der Waals surface area contributed by atoms with E-state index < -0.39 is 0 Å². The van der Waals surface area contributed by atoms with Crippen LogP contribution >= 0.6 is 11.6 Å². The molecule has 0 unspecified atom stereocenters. The Kier molecular flexibility index (Phi) is 2.22. The second-order valence-corrected chi connectivity index (χ2v) is 4.26. The van der Waals surface area contributed by atoms with Gasteiger partial charge in [-0.05, 0) is 29.8 Å². The zero-order valence-corrected chi connectivity index (χ0v) is 9.38. The van der Waals surface area contributed by atoms with E-state index in [0.29, 0.717) is 0 Å². The first-order valence-corrected chi connectivity index (χ1v) is 5.59. The summed E-state index contributed by atoms with van der Waals surface area (Å²) in [6, 6.07) is 14.1. The molecule has 0 aliphatic carbocycles. The fraction of sp³-hybridized carbons (Fsp3) is 0.0769. The quantitative estimate of drug-likeness (QED) is 0.715. The fourth-order valence-electron chi connectivity index (χ4n) is 1.91. The Morgan fingerprint density at radius 1 is 0.938 bits per heavy atom. The summed E-state index contributed by atoms with van der Waals surface area (Å²) in [6.07, 6.45) is 0. The summed E-state index contributed by atoms with van der Waals surface area (Å²) in [4.78, 5) is 0. The lowest BCUT2D eigenvalue weighted by Gasteiger charge is -2.08. The first-order valence-electron chi connectivity index (χ1n) is 5.21. The van der Waals surface area contributed by atoms with E-state index in [1.54, 1.807) is 0 Å². The average molecular weight is 231 g/mol. The molecule has 2 aromatic carbocycles. The van der Waals surface area contributed by atoms with Crippen molar-refractivity contribution in [2.24, 2.45) is 0 Å². The lowest BCUT2D eigenvalue weighted by atomic mass is 10.2. The molecule has 0 saturated heterocycles. The number of hydrogen-bond acceptors (Lipinski definition) is 2. The molecule has 1 heterocycles. The lowest BCUT2D eigenvalue weighted by molar-refractivity contribution is 1.17. The van der Waals surface area contributed by atoms with Gasteiger partial charge >= 0.3 is 0 Å². The van der Waals surface area contributed by atoms with Crippen molar-refractivity contribution in [1.82, 2.24) is 0 Å². The van der Waals surface area contributed by atoms with Gasteiger partial charge < -0.3 is 10.6 Å². The Balaban J connectivity index is 2.10. The van der Waals surface area contributed by atoms with Crippen LogP contribution in [0.2, 0.25) is 5.02 Å². The van der Waals surface area contributed by atoms with Crippen LogP contribution in [0.1, 0.15) is 5.56 Å². The van der Waals surface area contributed by atoms with Crippen molar-refractivity contribution in [2.45, 2.75) is 6.54 Å². The molecule has 0 fully saturated rings. The predicted molar refractivity (Wildman–Crippen MR) is 68.5 cm³/mol. The van der Waals surface area contributed by atoms with E-state index in [4.69, 9.17) is 11.6 Å². The van der Waals surface area contributed by atoms with Crippen LogP contribution in [0.4, 0.5) is 17.1 Å². The molecule has 0 radical (unpaired) electrons. The minimum atomic E-state index is 0.743. The molecule has 80 valence electrons. The molecule has 3 rings (SSSR count). The third kappa shape index (κ3) is 1.61. The zero-order chi connectivity index (χ0) is 11.0. The van der Waals surface area contributed by atoms with Crippen molar-refractivity contribution in [3.63, 3.8) is 0 Å². The van der Waals surface area contributed by atoms with Crippen LogP contribution in [-0.2, 0) is 6.54 Å². The molecule has 0 aromatic heterocycles. The van der Waals surface area contributed by atoms with E-state index in [0.717, 1.165) is 28.6 Å². The Labute approximate surface area is 99.3 Å². The minimum absolute atomic E-state index is 0.743. The Bertz CT molecular complexity index is 537. The Hall–Kier alpha value is -1.67. The SMILES string of the molecule is Clc1ccc2c(c1)Nc1ccccc1CN2. The van der Waals surface area contributed by atoms with E-state index in [2.05, 4.69) is 22.8 Å². The first kappa shape index (κ1) is 9.55. The molecule has 2 aromatic rings. The highest BCUT2D eigenvalue weighted by molar-refractivity contribution is 6.31. The molecule has 16 heavy (non-hydrogen) atoms. The highest BCUT2D eigenvalue weighted by Crippen LogP contribution is 2.33. The molecule has 0 saturated carbocycles. The van der Waals surface area contributed by atoms with Gasteiger partial charge in [0.05, 0.1) is 11.4 Å². The highest BCUT2D eigenvalue weighted by Gasteiger charge is 2.11. The molecule has 0 spiro atoms. The number of nitrogens with one attached hydrogen (secondary N) is 2. The maximum Gasteiger partial charge on any atom is 0.0635 e. The average Bonchev–Trinajstić information content (AvgIpc) is 2.47. The smallest absolute Gasteiger partial charge is 0.0635 e. The topological polar surface area (TPSA) is 24.1 Å². The van der Waals surface area contributed by atoms with Crippen LogP contribution < -0.4 is 10.6 Å². The van der Waals surface area contributed by atoms with E-state index in [1.807, 2.05) is 30.3 Å². The molecule has 2 N–H and O–H groups in total. The Morgan fingerprint density at radius 2 is 1.81 bits per heavy atom. The fourth-order valence-corrected chi connectivity index (χ4v) is 2.08. The second-order valence-electron chi connectivity index (χ2n) is 3.83. The predicted octanol–water partition coefficient (Wildman–Crippen LogP) is 4.01. The molecular weight excluding hydrogens is 220 g/mol. The van der Waals surface area contributed by atoms with Crippen LogP contribution in [0.15, 0.2) is 42.5 Å². The molecule has 0 atom stereocenters. The molecule has 2 nitrogen and oxygen atoms in total. The van der Waals surface area contributed by atoms with Crippen LogP contribution in [0, 0.1) is 0 Å². The van der Waals surface area contributed by atoms with E-state index in [1.165, 1.54) is 5.56 Å². The minimum Gasteiger partial charge on any atom is -0.379 e. The van der Waals surface area contributed by atoms with Crippen molar-refractivity contribution < 1.29 is 0 Å². The molecule has 0 amide bonds. The van der Waals surface area contributed by atoms with Gasteiger partial charge in [0.2, 0.25) is 0 Å². The van der Waals surface area contributed by atoms with Gasteiger partial charge in [0.15, 0.2) is 0 Å². The summed E-state index contributed by atoms with van der Waals surface area (Å²) in [5.74, 6) is 0. The number of rotatable bonds is 0. The number of hydrogen-bond donors (Lipinski definition) is 2. The van der Waals surface area contributed by atoms with Crippen molar-refractivity contribution >= 4 is 28.7 Å². The third-order valence-corrected chi connectivity index (χ3v) is 2.97. The summed E-state index contributed by atoms with van der Waals surface area (Å²) in [5, 5.41) is 7.53. The normalized spacial score (nSPS) is 12.8. The molecule has 1 aliphatic rings. The van der Waals surface area contributed by atoms with Gasteiger partial charge in [-0.25, -0.2) is 0 Å². The van der Waals surface area contributed by atoms with E-state index >= 15 is 0 Å². The number of anilines is 3. The lowest BCUT2D eigenvalue weighted by Crippen LogP contribution is -1.96. The van der Waals surface area contributed by atoms with Gasteiger partial charge in [-0.2, -0.15) is 0 Å². The monoisotopic (exact) mass is 230 g/mol. The van der Waals surface area contributed by atoms with Gasteiger partial charge in [-0.15, -0.1) is 0 Å². The standard InChI is InChI=1S/C13H11ClN2/c14-10-5-6-12-13(7-10)16-11-4-2-1-3-9(11)8-15-12/h1-7,15-16H,8H2. The van der Waals surface area contributed by atoms with Crippen LogP contribution in [0.5, 0.6) is 0 Å². The molecule has 1 aliphatic heterocycles. The number of benzene rings is 2. The summed E-state index contributed by atoms with van der Waals surface area (Å²) in [5.41, 5.74) is 4.50. The maximum absolute atomic E-state index is 5.99. The van der Waals surface area contributed by atoms with Gasteiger partial charge in [0.25, 0.3) is 0 Å². The number of para-hydroxylation sites is 1. The largest absolute Gasteiger partial charge is 0.379 e. The van der Waals surface area contributed by atoms with Crippen LogP contribution in [0.3, 0.4) is 0 Å². The van der Waals surface area contributed by atoms with E-state index in [-0.39, 0.29) is 0 Å². The van der Waals surface area contributed by atoms with Gasteiger partial charge in [-0.3, -0.25) is 0 Å². The summed E-state index contributed by atoms with van der Waals surface area (Å²) in [7, 11) is 0. The van der Waals surface area contributed by atoms with E-state index in [9.17, 15) is 0 Å². The van der Waals surface area contributed by atoms with Crippen molar-refractivity contribution in [3.05, 3.63) is 53.1 Å². The van der Waals surface area contributed by atoms with Crippen LogP contribution in [0.25, 0.3) is 0 Å². The Morgan fingerprint density at radius 3 is 2.75 bits per heavy atom. The second kappa shape index (κ2) is 3.72. The summed E-state index contributed by atoms with van der Waals surface area (Å²) >= 11 is 5.99. The van der Waals surface area contributed by atoms with Crippen molar-refractivity contribution in [2.75, 3.05) is 10.6 Å². The van der Waals surface area contributed by atoms with Crippen LogP contribution in [-0.4, -0.2) is 0 Å². The molecule has 3 heteroatoms. The molecule has 0 bridgehead atoms.